The van der Waals surface area contributed by atoms with E-state index in [4.69, 9.17) is 11.6 Å². The summed E-state index contributed by atoms with van der Waals surface area (Å²) in [5.41, 5.74) is 1.84. The maximum atomic E-state index is 12.1. The number of nitrogens with one attached hydrogen (secondary N) is 2. The Hall–Kier alpha value is -1.06. The molecule has 92 valence electrons. The third-order valence-corrected chi connectivity index (χ3v) is 3.54. The average Bonchev–Trinajstić information content (AvgIpc) is 2.68. The minimum absolute atomic E-state index is 0.0603. The zero-order valence-electron chi connectivity index (χ0n) is 10.1. The van der Waals surface area contributed by atoms with Crippen molar-refractivity contribution in [2.24, 2.45) is 5.92 Å². The number of carbonyl (C=O) groups excluding carboxylic acids is 1. The van der Waals surface area contributed by atoms with Crippen LogP contribution < -0.4 is 10.6 Å². The summed E-state index contributed by atoms with van der Waals surface area (Å²) in [7, 11) is 0. The molecule has 1 aliphatic rings. The van der Waals surface area contributed by atoms with Crippen molar-refractivity contribution >= 4 is 23.2 Å². The van der Waals surface area contributed by atoms with Gasteiger partial charge < -0.3 is 10.6 Å². The normalized spacial score (nSPS) is 23.7. The van der Waals surface area contributed by atoms with Gasteiger partial charge in [-0.1, -0.05) is 11.6 Å². The molecule has 0 bridgehead atoms. The van der Waals surface area contributed by atoms with Gasteiger partial charge in [0.1, 0.15) is 0 Å². The summed E-state index contributed by atoms with van der Waals surface area (Å²) in [6.45, 7) is 4.91. The van der Waals surface area contributed by atoms with Crippen molar-refractivity contribution in [3.63, 3.8) is 0 Å². The van der Waals surface area contributed by atoms with Crippen LogP contribution in [0.3, 0.4) is 0 Å². The van der Waals surface area contributed by atoms with Crippen LogP contribution >= 0.6 is 11.6 Å². The van der Waals surface area contributed by atoms with Crippen LogP contribution in [0.4, 0.5) is 5.69 Å². The Kier molecular flexibility index (Phi) is 3.69. The van der Waals surface area contributed by atoms with Crippen LogP contribution in [0.2, 0.25) is 5.02 Å². The van der Waals surface area contributed by atoms with Crippen LogP contribution in [0.5, 0.6) is 0 Å². The molecular weight excluding hydrogens is 236 g/mol. The summed E-state index contributed by atoms with van der Waals surface area (Å²) >= 11 is 5.88. The fraction of sp³-hybridized carbons (Fsp3) is 0.462. The molecule has 1 fully saturated rings. The molecule has 1 heterocycles. The lowest BCUT2D eigenvalue weighted by Gasteiger charge is -2.16. The third kappa shape index (κ3) is 2.79. The van der Waals surface area contributed by atoms with Crippen molar-refractivity contribution in [2.45, 2.75) is 26.3 Å². The Bertz CT molecular complexity index is 433. The Balaban J connectivity index is 2.07. The van der Waals surface area contributed by atoms with E-state index in [0.717, 1.165) is 24.2 Å². The minimum atomic E-state index is 0.0603. The summed E-state index contributed by atoms with van der Waals surface area (Å²) in [5, 5.41) is 6.94. The molecule has 0 spiro atoms. The van der Waals surface area contributed by atoms with Crippen LogP contribution in [-0.2, 0) is 4.79 Å². The molecule has 1 aliphatic heterocycles. The minimum Gasteiger partial charge on any atom is -0.326 e. The number of halogens is 1. The average molecular weight is 253 g/mol. The molecule has 1 aromatic carbocycles. The Morgan fingerprint density at radius 1 is 1.53 bits per heavy atom. The number of aryl methyl sites for hydroxylation is 1. The highest BCUT2D eigenvalue weighted by molar-refractivity contribution is 6.30. The standard InChI is InChI=1S/C13H17ClN2O/c1-8-7-10(14)3-4-12(8)16-13(17)11-5-6-15-9(11)2/h3-4,7,9,11,15H,5-6H2,1-2H3,(H,16,17). The second kappa shape index (κ2) is 5.07. The van der Waals surface area contributed by atoms with Crippen molar-refractivity contribution in [3.8, 4) is 0 Å². The molecule has 2 rings (SSSR count). The lowest BCUT2D eigenvalue weighted by molar-refractivity contribution is -0.120. The van der Waals surface area contributed by atoms with Gasteiger partial charge in [0.2, 0.25) is 5.91 Å². The maximum Gasteiger partial charge on any atom is 0.229 e. The van der Waals surface area contributed by atoms with E-state index in [1.165, 1.54) is 0 Å². The first-order valence-electron chi connectivity index (χ1n) is 5.88. The number of anilines is 1. The first-order chi connectivity index (χ1) is 8.08. The summed E-state index contributed by atoms with van der Waals surface area (Å²) < 4.78 is 0. The van der Waals surface area contributed by atoms with Crippen molar-refractivity contribution < 1.29 is 4.79 Å². The third-order valence-electron chi connectivity index (χ3n) is 3.31. The van der Waals surface area contributed by atoms with E-state index in [0.29, 0.717) is 5.02 Å². The lowest BCUT2D eigenvalue weighted by atomic mass is 10.0. The largest absolute Gasteiger partial charge is 0.326 e. The zero-order chi connectivity index (χ0) is 12.4. The van der Waals surface area contributed by atoms with Gasteiger partial charge in [-0.15, -0.1) is 0 Å². The number of carbonyl (C=O) groups is 1. The fourth-order valence-corrected chi connectivity index (χ4v) is 2.44. The van der Waals surface area contributed by atoms with Crippen LogP contribution in [0.25, 0.3) is 0 Å². The van der Waals surface area contributed by atoms with Gasteiger partial charge in [0.15, 0.2) is 0 Å². The second-order valence-corrected chi connectivity index (χ2v) is 5.02. The Labute approximate surface area is 107 Å². The predicted octanol–water partition coefficient (Wildman–Crippen LogP) is 2.58. The van der Waals surface area contributed by atoms with E-state index in [9.17, 15) is 4.79 Å². The van der Waals surface area contributed by atoms with Crippen molar-refractivity contribution in [3.05, 3.63) is 28.8 Å². The molecular formula is C13H17ClN2O. The van der Waals surface area contributed by atoms with Gasteiger partial charge in [-0.25, -0.2) is 0 Å². The lowest BCUT2D eigenvalue weighted by Crippen LogP contribution is -2.32. The van der Waals surface area contributed by atoms with Crippen molar-refractivity contribution in [1.82, 2.24) is 5.32 Å². The Morgan fingerprint density at radius 2 is 2.29 bits per heavy atom. The van der Waals surface area contributed by atoms with Gasteiger partial charge in [-0.2, -0.15) is 0 Å². The SMILES string of the molecule is Cc1cc(Cl)ccc1NC(=O)C1CCNC1C. The summed E-state index contributed by atoms with van der Waals surface area (Å²) in [6, 6.07) is 5.75. The Morgan fingerprint density at radius 3 is 2.88 bits per heavy atom. The molecule has 2 atom stereocenters. The molecule has 17 heavy (non-hydrogen) atoms. The van der Waals surface area contributed by atoms with Crippen molar-refractivity contribution in [1.29, 1.82) is 0 Å². The van der Waals surface area contributed by atoms with Gasteiger partial charge in [0.05, 0.1) is 5.92 Å². The number of benzene rings is 1. The zero-order valence-corrected chi connectivity index (χ0v) is 10.8. The van der Waals surface area contributed by atoms with Crippen molar-refractivity contribution in [2.75, 3.05) is 11.9 Å². The van der Waals surface area contributed by atoms with E-state index < -0.39 is 0 Å². The highest BCUT2D eigenvalue weighted by atomic mass is 35.5. The summed E-state index contributed by atoms with van der Waals surface area (Å²) in [6.07, 6.45) is 0.902. The molecule has 4 heteroatoms. The molecule has 1 amide bonds. The first-order valence-corrected chi connectivity index (χ1v) is 6.26. The van der Waals surface area contributed by atoms with Crippen LogP contribution in [0.1, 0.15) is 18.9 Å². The number of hydrogen-bond donors (Lipinski definition) is 2. The molecule has 0 aliphatic carbocycles. The van der Waals surface area contributed by atoms with Gasteiger partial charge in [0.25, 0.3) is 0 Å². The molecule has 2 N–H and O–H groups in total. The molecule has 3 nitrogen and oxygen atoms in total. The van der Waals surface area contributed by atoms with E-state index in [2.05, 4.69) is 10.6 Å². The summed E-state index contributed by atoms with van der Waals surface area (Å²) in [4.78, 5) is 12.1. The van der Waals surface area contributed by atoms with E-state index in [-0.39, 0.29) is 17.9 Å². The van der Waals surface area contributed by atoms with Crippen LogP contribution in [0.15, 0.2) is 18.2 Å². The van der Waals surface area contributed by atoms with Gasteiger partial charge >= 0.3 is 0 Å². The smallest absolute Gasteiger partial charge is 0.229 e. The fourth-order valence-electron chi connectivity index (χ4n) is 2.21. The number of amides is 1. The quantitative estimate of drug-likeness (QED) is 0.850. The summed E-state index contributed by atoms with van der Waals surface area (Å²) in [5.74, 6) is 0.151. The number of rotatable bonds is 2. The molecule has 1 saturated heterocycles. The monoisotopic (exact) mass is 252 g/mol. The maximum absolute atomic E-state index is 12.1. The molecule has 0 aromatic heterocycles. The second-order valence-electron chi connectivity index (χ2n) is 4.59. The van der Waals surface area contributed by atoms with Crippen LogP contribution in [0, 0.1) is 12.8 Å². The van der Waals surface area contributed by atoms with E-state index in [1.807, 2.05) is 26.0 Å². The van der Waals surface area contributed by atoms with Crippen LogP contribution in [-0.4, -0.2) is 18.5 Å². The first kappa shape index (κ1) is 12.4. The number of hydrogen-bond acceptors (Lipinski definition) is 2. The topological polar surface area (TPSA) is 41.1 Å². The van der Waals surface area contributed by atoms with Gasteiger partial charge in [-0.05, 0) is 50.6 Å². The molecule has 1 aromatic rings. The molecule has 2 unspecified atom stereocenters. The molecule has 0 radical (unpaired) electrons. The molecule has 0 saturated carbocycles. The van der Waals surface area contributed by atoms with E-state index >= 15 is 0 Å². The highest BCUT2D eigenvalue weighted by Gasteiger charge is 2.29. The predicted molar refractivity (Wildman–Crippen MR) is 70.4 cm³/mol. The highest BCUT2D eigenvalue weighted by Crippen LogP contribution is 2.22. The van der Waals surface area contributed by atoms with Gasteiger partial charge in [-0.3, -0.25) is 4.79 Å². The van der Waals surface area contributed by atoms with E-state index in [1.54, 1.807) is 6.07 Å². The van der Waals surface area contributed by atoms with Gasteiger partial charge in [0, 0.05) is 16.8 Å².